The summed E-state index contributed by atoms with van der Waals surface area (Å²) in [4.78, 5) is 18.6. The smallest absolute Gasteiger partial charge is 0.272 e. The number of ether oxygens (including phenoxy) is 1. The SMILES string of the molecule is CCCC#Cc1ccc2c(c1)O[C@H](CN(C)C(=O)c1ccccn1)[C@@H](C)CN([C@H](C)CO)S2(=O)=O. The van der Waals surface area contributed by atoms with Crippen molar-refractivity contribution in [2.24, 2.45) is 5.92 Å². The Balaban J connectivity index is 2.01. The molecule has 1 aliphatic heterocycles. The molecular weight excluding hydrogens is 466 g/mol. The zero-order valence-electron chi connectivity index (χ0n) is 20.6. The van der Waals surface area contributed by atoms with E-state index in [-0.39, 0.29) is 42.2 Å². The van der Waals surface area contributed by atoms with Gasteiger partial charge in [-0.25, -0.2) is 8.42 Å². The number of sulfonamides is 1. The monoisotopic (exact) mass is 499 g/mol. The molecule has 1 aliphatic rings. The Morgan fingerprint density at radius 2 is 2.11 bits per heavy atom. The third kappa shape index (κ3) is 6.20. The number of carbonyl (C=O) groups excluding carboxylic acids is 1. The van der Waals surface area contributed by atoms with Crippen LogP contribution >= 0.6 is 0 Å². The Labute approximate surface area is 208 Å². The van der Waals surface area contributed by atoms with Gasteiger partial charge in [0.05, 0.1) is 13.2 Å². The first-order valence-electron chi connectivity index (χ1n) is 11.8. The van der Waals surface area contributed by atoms with Gasteiger partial charge in [-0.2, -0.15) is 4.31 Å². The number of hydrogen-bond acceptors (Lipinski definition) is 6. The minimum absolute atomic E-state index is 0.0226. The van der Waals surface area contributed by atoms with Gasteiger partial charge in [-0.05, 0) is 43.7 Å². The fraction of sp³-hybridized carbons (Fsp3) is 0.462. The molecule has 0 aliphatic carbocycles. The number of aliphatic hydroxyl groups is 1. The molecule has 1 amide bonds. The molecule has 0 fully saturated rings. The van der Waals surface area contributed by atoms with E-state index >= 15 is 0 Å². The predicted molar refractivity (Wildman–Crippen MR) is 133 cm³/mol. The lowest BCUT2D eigenvalue weighted by atomic mass is 10.0. The van der Waals surface area contributed by atoms with E-state index in [9.17, 15) is 18.3 Å². The topological polar surface area (TPSA) is 100 Å². The second-order valence-corrected chi connectivity index (χ2v) is 10.7. The average Bonchev–Trinajstić information content (AvgIpc) is 2.85. The number of likely N-dealkylation sites (N-methyl/N-ethyl adjacent to an activating group) is 1. The van der Waals surface area contributed by atoms with Crippen LogP contribution in [0.15, 0.2) is 47.5 Å². The van der Waals surface area contributed by atoms with Crippen molar-refractivity contribution in [1.82, 2.24) is 14.2 Å². The lowest BCUT2D eigenvalue weighted by molar-refractivity contribution is 0.0559. The molecule has 2 heterocycles. The number of aliphatic hydroxyl groups excluding tert-OH is 1. The van der Waals surface area contributed by atoms with Gasteiger partial charge in [-0.15, -0.1) is 0 Å². The van der Waals surface area contributed by atoms with E-state index in [0.29, 0.717) is 11.3 Å². The summed E-state index contributed by atoms with van der Waals surface area (Å²) in [5, 5.41) is 9.77. The summed E-state index contributed by atoms with van der Waals surface area (Å²) in [5.74, 6) is 5.79. The highest BCUT2D eigenvalue weighted by Gasteiger charge is 2.38. The van der Waals surface area contributed by atoms with Crippen molar-refractivity contribution >= 4 is 15.9 Å². The van der Waals surface area contributed by atoms with Crippen molar-refractivity contribution in [3.05, 3.63) is 53.9 Å². The summed E-state index contributed by atoms with van der Waals surface area (Å²) in [7, 11) is -2.26. The molecule has 0 saturated heterocycles. The molecule has 35 heavy (non-hydrogen) atoms. The molecule has 1 aromatic heterocycles. The van der Waals surface area contributed by atoms with Crippen LogP contribution in [0, 0.1) is 17.8 Å². The number of fused-ring (bicyclic) bond motifs is 1. The van der Waals surface area contributed by atoms with Crippen LogP contribution in [0.2, 0.25) is 0 Å². The molecule has 0 radical (unpaired) electrons. The van der Waals surface area contributed by atoms with Gasteiger partial charge in [-0.3, -0.25) is 9.78 Å². The number of rotatable bonds is 6. The lowest BCUT2D eigenvalue weighted by Crippen LogP contribution is -2.50. The van der Waals surface area contributed by atoms with Crippen LogP contribution in [-0.2, 0) is 10.0 Å². The van der Waals surface area contributed by atoms with Crippen LogP contribution in [0.4, 0.5) is 0 Å². The molecule has 8 nitrogen and oxygen atoms in total. The fourth-order valence-electron chi connectivity index (χ4n) is 3.85. The molecule has 188 valence electrons. The Kier molecular flexibility index (Phi) is 8.89. The standard InChI is InChI=1S/C26H33N3O5S/c1-5-6-7-10-21-12-13-25-23(15-21)34-24(17-28(4)26(31)22-11-8-9-14-27-22)19(2)16-29(20(3)18-30)35(25,32)33/h8-9,11-15,19-20,24,30H,5-6,16-18H2,1-4H3/t19-,20+,24+/m0/s1. The van der Waals surface area contributed by atoms with Gasteiger partial charge >= 0.3 is 0 Å². The van der Waals surface area contributed by atoms with Crippen molar-refractivity contribution in [1.29, 1.82) is 0 Å². The molecule has 2 aromatic rings. The summed E-state index contributed by atoms with van der Waals surface area (Å²) >= 11 is 0. The van der Waals surface area contributed by atoms with Crippen LogP contribution in [0.1, 0.15) is 49.7 Å². The third-order valence-corrected chi connectivity index (χ3v) is 7.98. The summed E-state index contributed by atoms with van der Waals surface area (Å²) in [6.07, 6.45) is 2.71. The summed E-state index contributed by atoms with van der Waals surface area (Å²) in [6, 6.07) is 9.34. The highest BCUT2D eigenvalue weighted by Crippen LogP contribution is 2.34. The van der Waals surface area contributed by atoms with E-state index in [1.54, 1.807) is 50.5 Å². The zero-order chi connectivity index (χ0) is 25.6. The number of aromatic nitrogens is 1. The van der Waals surface area contributed by atoms with E-state index < -0.39 is 22.2 Å². The lowest BCUT2D eigenvalue weighted by Gasteiger charge is -2.37. The van der Waals surface area contributed by atoms with E-state index in [4.69, 9.17) is 4.74 Å². The van der Waals surface area contributed by atoms with Crippen molar-refractivity contribution in [3.8, 4) is 17.6 Å². The van der Waals surface area contributed by atoms with Crippen molar-refractivity contribution in [2.75, 3.05) is 26.7 Å². The Morgan fingerprint density at radius 1 is 1.34 bits per heavy atom. The number of carbonyl (C=O) groups is 1. The molecule has 0 unspecified atom stereocenters. The first-order chi connectivity index (χ1) is 16.7. The van der Waals surface area contributed by atoms with Crippen LogP contribution in [0.5, 0.6) is 5.75 Å². The molecule has 1 aromatic carbocycles. The van der Waals surface area contributed by atoms with Gasteiger partial charge in [-0.1, -0.05) is 31.8 Å². The molecule has 1 N–H and O–H groups in total. The molecule has 9 heteroatoms. The van der Waals surface area contributed by atoms with Gasteiger partial charge in [0.1, 0.15) is 22.4 Å². The van der Waals surface area contributed by atoms with Gasteiger partial charge in [0.15, 0.2) is 0 Å². The van der Waals surface area contributed by atoms with E-state index in [2.05, 4.69) is 16.8 Å². The molecular formula is C26H33N3O5S. The minimum atomic E-state index is -3.93. The maximum atomic E-state index is 13.5. The fourth-order valence-corrected chi connectivity index (χ4v) is 5.67. The highest BCUT2D eigenvalue weighted by atomic mass is 32.2. The van der Waals surface area contributed by atoms with Gasteiger partial charge < -0.3 is 14.7 Å². The second-order valence-electron chi connectivity index (χ2n) is 8.85. The highest BCUT2D eigenvalue weighted by molar-refractivity contribution is 7.89. The first kappa shape index (κ1) is 26.7. The van der Waals surface area contributed by atoms with E-state index in [1.165, 1.54) is 15.3 Å². The third-order valence-electron chi connectivity index (χ3n) is 5.96. The van der Waals surface area contributed by atoms with Crippen LogP contribution in [-0.4, -0.2) is 72.5 Å². The van der Waals surface area contributed by atoms with E-state index in [1.807, 2.05) is 13.8 Å². The van der Waals surface area contributed by atoms with Gasteiger partial charge in [0, 0.05) is 43.7 Å². The summed E-state index contributed by atoms with van der Waals surface area (Å²) in [5.41, 5.74) is 0.972. The quantitative estimate of drug-likeness (QED) is 0.614. The van der Waals surface area contributed by atoms with Crippen LogP contribution < -0.4 is 4.74 Å². The normalized spacial score (nSPS) is 20.3. The van der Waals surface area contributed by atoms with Crippen LogP contribution in [0.3, 0.4) is 0 Å². The Hall–Kier alpha value is -2.93. The van der Waals surface area contributed by atoms with Crippen molar-refractivity contribution in [2.45, 2.75) is 50.7 Å². The predicted octanol–water partition coefficient (Wildman–Crippen LogP) is 2.77. The molecule has 0 spiro atoms. The van der Waals surface area contributed by atoms with E-state index in [0.717, 1.165) is 12.8 Å². The Morgan fingerprint density at radius 3 is 2.77 bits per heavy atom. The number of hydrogen-bond donors (Lipinski definition) is 1. The van der Waals surface area contributed by atoms with Gasteiger partial charge in [0.2, 0.25) is 10.0 Å². The maximum Gasteiger partial charge on any atom is 0.272 e. The Bertz CT molecular complexity index is 1190. The largest absolute Gasteiger partial charge is 0.487 e. The number of nitrogens with zero attached hydrogens (tertiary/aromatic N) is 3. The number of pyridine rings is 1. The molecule has 0 bridgehead atoms. The number of benzene rings is 1. The second kappa shape index (κ2) is 11.7. The van der Waals surface area contributed by atoms with Gasteiger partial charge in [0.25, 0.3) is 5.91 Å². The number of unbranched alkanes of at least 4 members (excludes halogenated alkanes) is 1. The summed E-state index contributed by atoms with van der Waals surface area (Å²) in [6.45, 7) is 5.64. The average molecular weight is 500 g/mol. The molecule has 0 saturated carbocycles. The minimum Gasteiger partial charge on any atom is -0.487 e. The zero-order valence-corrected chi connectivity index (χ0v) is 21.5. The maximum absolute atomic E-state index is 13.5. The number of amides is 1. The summed E-state index contributed by atoms with van der Waals surface area (Å²) < 4.78 is 34.7. The van der Waals surface area contributed by atoms with Crippen molar-refractivity contribution in [3.63, 3.8) is 0 Å². The van der Waals surface area contributed by atoms with Crippen molar-refractivity contribution < 1.29 is 23.1 Å². The first-order valence-corrected chi connectivity index (χ1v) is 13.2. The van der Waals surface area contributed by atoms with Crippen LogP contribution in [0.25, 0.3) is 0 Å². The molecule has 3 rings (SSSR count). The molecule has 3 atom stereocenters.